The highest BCUT2D eigenvalue weighted by molar-refractivity contribution is 6.30. The van der Waals surface area contributed by atoms with E-state index in [4.69, 9.17) is 16.3 Å². The predicted octanol–water partition coefficient (Wildman–Crippen LogP) is 4.12. The molecule has 3 rings (SSSR count). The number of ether oxygens (including phenoxy) is 1. The minimum absolute atomic E-state index is 0.125. The zero-order valence-electron chi connectivity index (χ0n) is 16.1. The van der Waals surface area contributed by atoms with Crippen LogP contribution in [0.2, 0.25) is 5.02 Å². The van der Waals surface area contributed by atoms with E-state index in [0.717, 1.165) is 11.3 Å². The Morgan fingerprint density at radius 2 is 1.86 bits per heavy atom. The van der Waals surface area contributed by atoms with E-state index in [1.807, 2.05) is 38.1 Å². The molecule has 1 aliphatic rings. The van der Waals surface area contributed by atoms with Gasteiger partial charge in [-0.3, -0.25) is 9.59 Å². The van der Waals surface area contributed by atoms with E-state index in [9.17, 15) is 9.59 Å². The first-order valence-corrected chi connectivity index (χ1v) is 9.90. The lowest BCUT2D eigenvalue weighted by atomic mass is 9.98. The van der Waals surface area contributed by atoms with Gasteiger partial charge in [0, 0.05) is 22.6 Å². The van der Waals surface area contributed by atoms with Gasteiger partial charge in [0.25, 0.3) is 5.91 Å². The molecule has 2 aromatic rings. The number of carbonyl (C=O) groups is 2. The van der Waals surface area contributed by atoms with Crippen LogP contribution < -0.4 is 15.4 Å². The molecule has 2 amide bonds. The van der Waals surface area contributed by atoms with E-state index in [1.165, 1.54) is 0 Å². The van der Waals surface area contributed by atoms with E-state index >= 15 is 0 Å². The van der Waals surface area contributed by atoms with Crippen LogP contribution in [-0.2, 0) is 4.79 Å². The number of carbonyl (C=O) groups excluding carboxylic acids is 2. The summed E-state index contributed by atoms with van der Waals surface area (Å²) in [5.41, 5.74) is 1.44. The second kappa shape index (κ2) is 9.11. The van der Waals surface area contributed by atoms with Crippen LogP contribution in [0.3, 0.4) is 0 Å². The summed E-state index contributed by atoms with van der Waals surface area (Å²) in [6.45, 7) is 4.60. The van der Waals surface area contributed by atoms with Crippen molar-refractivity contribution in [2.24, 2.45) is 5.92 Å². The van der Waals surface area contributed by atoms with Gasteiger partial charge in [-0.05, 0) is 42.7 Å². The van der Waals surface area contributed by atoms with Crippen molar-refractivity contribution < 1.29 is 14.3 Å². The Hall–Kier alpha value is -2.53. The summed E-state index contributed by atoms with van der Waals surface area (Å²) in [6.07, 6.45) is 1.25. The summed E-state index contributed by atoms with van der Waals surface area (Å²) in [5.74, 6) is 0.579. The topological polar surface area (TPSA) is 67.4 Å². The van der Waals surface area contributed by atoms with Gasteiger partial charge in [0.2, 0.25) is 5.91 Å². The molecule has 148 valence electrons. The molecule has 28 heavy (non-hydrogen) atoms. The summed E-state index contributed by atoms with van der Waals surface area (Å²) < 4.78 is 5.66. The number of benzene rings is 2. The lowest BCUT2D eigenvalue weighted by Crippen LogP contribution is -2.48. The molecule has 5 nitrogen and oxygen atoms in total. The van der Waals surface area contributed by atoms with E-state index in [0.29, 0.717) is 30.0 Å². The Bertz CT molecular complexity index is 836. The third-order valence-electron chi connectivity index (χ3n) is 4.71. The van der Waals surface area contributed by atoms with Crippen molar-refractivity contribution in [3.8, 4) is 5.75 Å². The molecule has 0 saturated heterocycles. The predicted molar refractivity (Wildman–Crippen MR) is 110 cm³/mol. The average Bonchev–Trinajstić information content (AvgIpc) is 2.68. The van der Waals surface area contributed by atoms with E-state index < -0.39 is 6.04 Å². The summed E-state index contributed by atoms with van der Waals surface area (Å²) in [6, 6.07) is 13.6. The number of nitrogens with one attached hydrogen (secondary N) is 2. The summed E-state index contributed by atoms with van der Waals surface area (Å²) in [7, 11) is 0. The molecular weight excluding hydrogens is 376 g/mol. The molecule has 0 bridgehead atoms. The van der Waals surface area contributed by atoms with E-state index in [1.54, 1.807) is 24.3 Å². The van der Waals surface area contributed by atoms with Gasteiger partial charge in [0.1, 0.15) is 11.8 Å². The Morgan fingerprint density at radius 3 is 2.57 bits per heavy atom. The van der Waals surface area contributed by atoms with Crippen LogP contribution in [0, 0.1) is 5.92 Å². The second-order valence-electron chi connectivity index (χ2n) is 7.40. The lowest BCUT2D eigenvalue weighted by Gasteiger charge is -2.29. The summed E-state index contributed by atoms with van der Waals surface area (Å²) in [5, 5.41) is 6.53. The Labute approximate surface area is 170 Å². The van der Waals surface area contributed by atoms with Gasteiger partial charge >= 0.3 is 0 Å². The molecule has 0 fully saturated rings. The van der Waals surface area contributed by atoms with Gasteiger partial charge in [-0.1, -0.05) is 43.6 Å². The van der Waals surface area contributed by atoms with E-state index in [2.05, 4.69) is 10.6 Å². The molecule has 2 N–H and O–H groups in total. The molecule has 0 aromatic heterocycles. The first kappa shape index (κ1) is 20.2. The monoisotopic (exact) mass is 400 g/mol. The lowest BCUT2D eigenvalue weighted by molar-refractivity contribution is -0.124. The minimum atomic E-state index is -0.613. The van der Waals surface area contributed by atoms with Crippen molar-refractivity contribution in [2.75, 3.05) is 6.61 Å². The highest BCUT2D eigenvalue weighted by atomic mass is 35.5. The molecule has 0 saturated carbocycles. The Balaban J connectivity index is 1.72. The molecule has 1 aliphatic heterocycles. The maximum atomic E-state index is 13.0. The smallest absolute Gasteiger partial charge is 0.251 e. The van der Waals surface area contributed by atoms with Crippen LogP contribution >= 0.6 is 11.6 Å². The number of amides is 2. The van der Waals surface area contributed by atoms with Crippen LogP contribution in [-0.4, -0.2) is 24.5 Å². The minimum Gasteiger partial charge on any atom is -0.493 e. The van der Waals surface area contributed by atoms with Crippen LogP contribution in [0.5, 0.6) is 5.75 Å². The van der Waals surface area contributed by atoms with Gasteiger partial charge in [-0.2, -0.15) is 0 Å². The first-order chi connectivity index (χ1) is 13.4. The van der Waals surface area contributed by atoms with Crippen molar-refractivity contribution in [1.29, 1.82) is 0 Å². The molecular formula is C22H25ClN2O3. The molecule has 0 spiro atoms. The Morgan fingerprint density at radius 1 is 1.14 bits per heavy atom. The van der Waals surface area contributed by atoms with Crippen molar-refractivity contribution in [2.45, 2.75) is 38.8 Å². The first-order valence-electron chi connectivity index (χ1n) is 9.52. The molecule has 0 aliphatic carbocycles. The van der Waals surface area contributed by atoms with Crippen LogP contribution in [0.25, 0.3) is 0 Å². The molecule has 2 atom stereocenters. The molecule has 1 heterocycles. The number of rotatable bonds is 6. The molecule has 0 unspecified atom stereocenters. The van der Waals surface area contributed by atoms with Gasteiger partial charge in [-0.15, -0.1) is 0 Å². The maximum absolute atomic E-state index is 13.0. The largest absolute Gasteiger partial charge is 0.493 e. The fourth-order valence-corrected chi connectivity index (χ4v) is 3.44. The van der Waals surface area contributed by atoms with Crippen molar-refractivity contribution in [3.63, 3.8) is 0 Å². The number of hydrogen-bond donors (Lipinski definition) is 2. The van der Waals surface area contributed by atoms with Crippen LogP contribution in [0.15, 0.2) is 48.5 Å². The third kappa shape index (κ3) is 5.04. The number of halogens is 1. The zero-order chi connectivity index (χ0) is 20.1. The normalized spacial score (nSPS) is 16.6. The highest BCUT2D eigenvalue weighted by Gasteiger charge is 2.28. The number of para-hydroxylation sites is 1. The molecule has 2 aromatic carbocycles. The maximum Gasteiger partial charge on any atom is 0.251 e. The fourth-order valence-electron chi connectivity index (χ4n) is 3.31. The molecule has 0 radical (unpaired) electrons. The quantitative estimate of drug-likeness (QED) is 0.766. The summed E-state index contributed by atoms with van der Waals surface area (Å²) in [4.78, 5) is 25.6. The van der Waals surface area contributed by atoms with Crippen molar-refractivity contribution in [3.05, 3.63) is 64.7 Å². The van der Waals surface area contributed by atoms with Gasteiger partial charge < -0.3 is 15.4 Å². The van der Waals surface area contributed by atoms with Gasteiger partial charge in [0.05, 0.1) is 12.6 Å². The van der Waals surface area contributed by atoms with Crippen LogP contribution in [0.1, 0.15) is 48.7 Å². The standard InChI is InChI=1S/C22H25ClN2O3/c1-14(2)13-19(25-21(26)15-7-9-16(23)10-8-15)22(27)24-18-11-12-28-20-6-4-3-5-17(18)20/h3-10,14,18-19H,11-13H2,1-2H3,(H,24,27)(H,25,26)/t18-,19-/m0/s1. The van der Waals surface area contributed by atoms with Crippen LogP contribution in [0.4, 0.5) is 0 Å². The zero-order valence-corrected chi connectivity index (χ0v) is 16.8. The van der Waals surface area contributed by atoms with Gasteiger partial charge in [-0.25, -0.2) is 0 Å². The average molecular weight is 401 g/mol. The highest BCUT2D eigenvalue weighted by Crippen LogP contribution is 2.31. The van der Waals surface area contributed by atoms with Crippen molar-refractivity contribution in [1.82, 2.24) is 10.6 Å². The Kier molecular flexibility index (Phi) is 6.57. The van der Waals surface area contributed by atoms with E-state index in [-0.39, 0.29) is 23.8 Å². The second-order valence-corrected chi connectivity index (χ2v) is 7.84. The van der Waals surface area contributed by atoms with Gasteiger partial charge in [0.15, 0.2) is 0 Å². The fraction of sp³-hybridized carbons (Fsp3) is 0.364. The number of fused-ring (bicyclic) bond motifs is 1. The SMILES string of the molecule is CC(C)C[C@H](NC(=O)c1ccc(Cl)cc1)C(=O)N[C@H]1CCOc2ccccc21. The molecule has 6 heteroatoms. The third-order valence-corrected chi connectivity index (χ3v) is 4.96. The number of hydrogen-bond acceptors (Lipinski definition) is 3. The van der Waals surface area contributed by atoms with Crippen molar-refractivity contribution >= 4 is 23.4 Å². The summed E-state index contributed by atoms with van der Waals surface area (Å²) >= 11 is 5.89.